The molecule has 0 bridgehead atoms. The number of carboxylic acid groups (broad SMARTS) is 1. The lowest BCUT2D eigenvalue weighted by molar-refractivity contribution is -0.141. The van der Waals surface area contributed by atoms with Gasteiger partial charge in [-0.15, -0.1) is 10.2 Å². The van der Waals surface area contributed by atoms with Gasteiger partial charge in [-0.2, -0.15) is 0 Å². The lowest BCUT2D eigenvalue weighted by atomic mass is 10.2. The third-order valence-electron chi connectivity index (χ3n) is 3.04. The van der Waals surface area contributed by atoms with E-state index in [1.54, 1.807) is 0 Å². The molecule has 8 nitrogen and oxygen atoms in total. The van der Waals surface area contributed by atoms with Crippen molar-refractivity contribution < 1.29 is 14.7 Å². The number of carbonyl (C=O) groups is 2. The highest BCUT2D eigenvalue weighted by Crippen LogP contribution is 2.07. The van der Waals surface area contributed by atoms with Crippen molar-refractivity contribution in [1.29, 1.82) is 0 Å². The smallest absolute Gasteiger partial charge is 0.324 e. The van der Waals surface area contributed by atoms with Crippen LogP contribution in [0.5, 0.6) is 0 Å². The number of carbonyl (C=O) groups excluding carboxylic acids is 1. The average Bonchev–Trinajstić information content (AvgIpc) is 2.46. The molecule has 1 aromatic heterocycles. The van der Waals surface area contributed by atoms with Gasteiger partial charge in [-0.1, -0.05) is 20.8 Å². The zero-order valence-electron chi connectivity index (χ0n) is 12.8. The molecule has 0 aliphatic rings. The molecule has 0 aromatic carbocycles. The first-order valence-electron chi connectivity index (χ1n) is 6.86. The Kier molecular flexibility index (Phi) is 6.01. The van der Waals surface area contributed by atoms with Gasteiger partial charge < -0.3 is 10.0 Å². The Balaban J connectivity index is 2.72. The molecule has 1 unspecified atom stereocenters. The maximum atomic E-state index is 11.9. The van der Waals surface area contributed by atoms with Gasteiger partial charge >= 0.3 is 12.0 Å². The molecule has 21 heavy (non-hydrogen) atoms. The summed E-state index contributed by atoms with van der Waals surface area (Å²) in [6.45, 7) is 5.55. The molecular formula is C13H21N5O3. The van der Waals surface area contributed by atoms with Crippen molar-refractivity contribution in [3.8, 4) is 0 Å². The fraction of sp³-hybridized carbons (Fsp3) is 0.615. The van der Waals surface area contributed by atoms with Crippen LogP contribution in [0, 0.1) is 5.92 Å². The second kappa shape index (κ2) is 7.51. The number of aliphatic carboxylic acids is 1. The van der Waals surface area contributed by atoms with Crippen molar-refractivity contribution in [2.24, 2.45) is 5.92 Å². The highest BCUT2D eigenvalue weighted by molar-refractivity contribution is 5.87. The Morgan fingerprint density at radius 2 is 1.86 bits per heavy atom. The molecule has 1 aromatic rings. The first kappa shape index (κ1) is 16.8. The second-order valence-corrected chi connectivity index (χ2v) is 4.79. The van der Waals surface area contributed by atoms with E-state index in [2.05, 4.69) is 20.5 Å². The predicted octanol–water partition coefficient (Wildman–Crippen LogP) is 1.18. The van der Waals surface area contributed by atoms with Crippen LogP contribution in [-0.4, -0.2) is 50.8 Å². The topological polar surface area (TPSA) is 108 Å². The zero-order chi connectivity index (χ0) is 16.0. The molecule has 0 saturated carbocycles. The van der Waals surface area contributed by atoms with Crippen LogP contribution in [0.3, 0.4) is 0 Å². The Bertz CT molecular complexity index is 521. The van der Waals surface area contributed by atoms with Gasteiger partial charge in [0.25, 0.3) is 5.95 Å². The zero-order valence-corrected chi connectivity index (χ0v) is 12.8. The van der Waals surface area contributed by atoms with Crippen LogP contribution in [0.25, 0.3) is 0 Å². The number of nitrogens with one attached hydrogen (secondary N) is 1. The molecule has 0 radical (unpaired) electrons. The van der Waals surface area contributed by atoms with Crippen LogP contribution >= 0.6 is 0 Å². The van der Waals surface area contributed by atoms with Gasteiger partial charge in [-0.25, -0.2) is 9.78 Å². The molecule has 0 spiro atoms. The number of nitrogens with zero attached hydrogens (tertiary/aromatic N) is 4. The van der Waals surface area contributed by atoms with E-state index in [9.17, 15) is 9.59 Å². The molecule has 1 heterocycles. The molecule has 0 fully saturated rings. The van der Waals surface area contributed by atoms with Gasteiger partial charge in [0.2, 0.25) is 0 Å². The molecule has 0 aliphatic heterocycles. The van der Waals surface area contributed by atoms with E-state index in [1.165, 1.54) is 18.9 Å². The summed E-state index contributed by atoms with van der Waals surface area (Å²) in [4.78, 5) is 28.2. The summed E-state index contributed by atoms with van der Waals surface area (Å²) >= 11 is 0. The molecule has 1 rings (SSSR count). The van der Waals surface area contributed by atoms with Gasteiger partial charge in [-0.05, 0) is 12.8 Å². The van der Waals surface area contributed by atoms with Crippen molar-refractivity contribution >= 4 is 17.9 Å². The molecule has 8 heteroatoms. The van der Waals surface area contributed by atoms with Gasteiger partial charge in [0.05, 0.1) is 17.3 Å². The quantitative estimate of drug-likeness (QED) is 0.815. The third-order valence-corrected chi connectivity index (χ3v) is 3.04. The molecule has 0 aliphatic carbocycles. The largest absolute Gasteiger partial charge is 0.481 e. The maximum Gasteiger partial charge on any atom is 0.324 e. The van der Waals surface area contributed by atoms with Crippen LogP contribution < -0.4 is 5.32 Å². The van der Waals surface area contributed by atoms with Crippen LogP contribution in [-0.2, 0) is 17.6 Å². The Morgan fingerprint density at radius 1 is 1.24 bits per heavy atom. The van der Waals surface area contributed by atoms with Gasteiger partial charge in [-0.3, -0.25) is 10.1 Å². The predicted molar refractivity (Wildman–Crippen MR) is 77.0 cm³/mol. The van der Waals surface area contributed by atoms with E-state index >= 15 is 0 Å². The minimum atomic E-state index is -0.951. The summed E-state index contributed by atoms with van der Waals surface area (Å²) in [6, 6.07) is -0.462. The Labute approximate surface area is 123 Å². The highest BCUT2D eigenvalue weighted by Gasteiger charge is 2.18. The number of amides is 2. The van der Waals surface area contributed by atoms with Crippen LogP contribution in [0.2, 0.25) is 0 Å². The Hall–Kier alpha value is -2.25. The van der Waals surface area contributed by atoms with E-state index < -0.39 is 17.9 Å². The number of aromatic nitrogens is 3. The normalized spacial score (nSPS) is 11.8. The number of anilines is 1. The van der Waals surface area contributed by atoms with E-state index in [0.717, 1.165) is 17.8 Å². The third kappa shape index (κ3) is 4.66. The van der Waals surface area contributed by atoms with Crippen molar-refractivity contribution in [1.82, 2.24) is 20.1 Å². The number of aryl methyl sites for hydroxylation is 2. The number of rotatable bonds is 6. The van der Waals surface area contributed by atoms with Crippen molar-refractivity contribution in [3.05, 3.63) is 11.4 Å². The number of urea groups is 1. The van der Waals surface area contributed by atoms with Crippen molar-refractivity contribution in [2.75, 3.05) is 18.9 Å². The van der Waals surface area contributed by atoms with E-state index in [-0.39, 0.29) is 12.5 Å². The summed E-state index contributed by atoms with van der Waals surface area (Å²) in [5.41, 5.74) is 1.60. The minimum absolute atomic E-state index is 0.0995. The minimum Gasteiger partial charge on any atom is -0.481 e. The molecule has 116 valence electrons. The van der Waals surface area contributed by atoms with Crippen LogP contribution in [0.4, 0.5) is 10.7 Å². The van der Waals surface area contributed by atoms with Crippen LogP contribution in [0.1, 0.15) is 32.2 Å². The molecular weight excluding hydrogens is 274 g/mol. The van der Waals surface area contributed by atoms with Gasteiger partial charge in [0.15, 0.2) is 0 Å². The Morgan fingerprint density at radius 3 is 2.38 bits per heavy atom. The first-order valence-corrected chi connectivity index (χ1v) is 6.86. The van der Waals surface area contributed by atoms with Gasteiger partial charge in [0.1, 0.15) is 0 Å². The highest BCUT2D eigenvalue weighted by atomic mass is 16.4. The lowest BCUT2D eigenvalue weighted by Crippen LogP contribution is -2.37. The summed E-state index contributed by atoms with van der Waals surface area (Å²) in [5.74, 6) is -1.47. The second-order valence-electron chi connectivity index (χ2n) is 4.79. The fourth-order valence-corrected chi connectivity index (χ4v) is 1.75. The standard InChI is InChI=1S/C13H21N5O3/c1-5-9-10(6-2)16-17-12(14-9)15-13(21)18(4)7-8(3)11(19)20/h8H,5-7H2,1-4H3,(H,19,20)(H,14,15,17,21). The number of carboxylic acids is 1. The lowest BCUT2D eigenvalue weighted by Gasteiger charge is -2.19. The summed E-state index contributed by atoms with van der Waals surface area (Å²) < 4.78 is 0. The van der Waals surface area contributed by atoms with E-state index in [1.807, 2.05) is 13.8 Å². The monoisotopic (exact) mass is 295 g/mol. The number of hydrogen-bond acceptors (Lipinski definition) is 5. The summed E-state index contributed by atoms with van der Waals surface area (Å²) in [5, 5.41) is 19.2. The maximum absolute atomic E-state index is 11.9. The first-order chi connectivity index (χ1) is 9.88. The number of hydrogen-bond donors (Lipinski definition) is 2. The van der Waals surface area contributed by atoms with E-state index in [0.29, 0.717) is 6.42 Å². The summed E-state index contributed by atoms with van der Waals surface area (Å²) in [7, 11) is 1.52. The molecule has 2 amide bonds. The average molecular weight is 295 g/mol. The SMILES string of the molecule is CCc1nnc(NC(=O)N(C)CC(C)C(=O)O)nc1CC. The van der Waals surface area contributed by atoms with E-state index in [4.69, 9.17) is 5.11 Å². The molecule has 1 atom stereocenters. The van der Waals surface area contributed by atoms with Crippen LogP contribution in [0.15, 0.2) is 0 Å². The fourth-order valence-electron chi connectivity index (χ4n) is 1.75. The molecule has 2 N–H and O–H groups in total. The van der Waals surface area contributed by atoms with Crippen molar-refractivity contribution in [2.45, 2.75) is 33.6 Å². The van der Waals surface area contributed by atoms with Gasteiger partial charge in [0, 0.05) is 13.6 Å². The van der Waals surface area contributed by atoms with Crippen molar-refractivity contribution in [3.63, 3.8) is 0 Å². The molecule has 0 saturated heterocycles. The summed E-state index contributed by atoms with van der Waals surface area (Å²) in [6.07, 6.45) is 1.43.